The summed E-state index contributed by atoms with van der Waals surface area (Å²) in [6.07, 6.45) is -17.0. The van der Waals surface area contributed by atoms with Crippen molar-refractivity contribution in [2.24, 2.45) is 0 Å². The zero-order chi connectivity index (χ0) is 95.9. The molecule has 5 saturated heterocycles. The summed E-state index contributed by atoms with van der Waals surface area (Å²) in [5.41, 5.74) is 10.8. The van der Waals surface area contributed by atoms with Crippen LogP contribution in [0.2, 0.25) is 0 Å². The molecule has 23 heteroatoms. The van der Waals surface area contributed by atoms with E-state index in [1.807, 2.05) is 364 Å². The molecule has 5 heterocycles. The lowest BCUT2D eigenvalue weighted by atomic mass is 9.95. The first-order valence-electron chi connectivity index (χ1n) is 49.5. The maximum Gasteiger partial charge on any atom is 0.305 e. The van der Waals surface area contributed by atoms with Gasteiger partial charge in [0.25, 0.3) is 0 Å². The van der Waals surface area contributed by atoms with Crippen molar-refractivity contribution < 1.29 is 109 Å². The highest BCUT2D eigenvalue weighted by Crippen LogP contribution is 2.44. The van der Waals surface area contributed by atoms with Gasteiger partial charge in [0, 0.05) is 18.6 Å². The van der Waals surface area contributed by atoms with E-state index in [4.69, 9.17) is 104 Å². The molecule has 12 aromatic carbocycles. The van der Waals surface area contributed by atoms with Crippen molar-refractivity contribution in [3.63, 3.8) is 0 Å². The zero-order valence-electron chi connectivity index (χ0n) is 79.9. The maximum absolute atomic E-state index is 12.2. The molecular weight excluding hydrogens is 1790 g/mol. The Morgan fingerprint density at radius 1 is 0.248 bits per heavy atom. The van der Waals surface area contributed by atoms with Crippen LogP contribution in [0.3, 0.4) is 0 Å². The predicted molar refractivity (Wildman–Crippen MR) is 528 cm³/mol. The van der Waals surface area contributed by atoms with Crippen molar-refractivity contribution in [3.8, 4) is 0 Å². The van der Waals surface area contributed by atoms with Gasteiger partial charge in [0.15, 0.2) is 31.5 Å². The third-order valence-corrected chi connectivity index (χ3v) is 25.8. The topological polar surface area (TPSA) is 220 Å². The van der Waals surface area contributed by atoms with Gasteiger partial charge in [-0.15, -0.1) is 0 Å². The summed E-state index contributed by atoms with van der Waals surface area (Å²) >= 11 is 0. The number of carbonyl (C=O) groups is 1. The highest BCUT2D eigenvalue weighted by atomic mass is 16.8. The number of hydrogen-bond donors (Lipinski definition) is 0. The van der Waals surface area contributed by atoms with Gasteiger partial charge in [-0.3, -0.25) is 4.79 Å². The standard InChI is InChI=1S/C118H130O23/c1-120-101(119)68-42-4-2-3-5-43-69-123-115-112(131-79-94-62-36-15-37-63-94)108(140-117-110(129-77-92-58-32-13-33-59-92)106(127-75-90-54-28-11-29-55-90)102(124-72-87-48-22-8-23-49-87)97(137-117)81-121-70-85-44-18-6-19-45-85)104(126-74-89-52-26-10-27-53-89)99(135-115)83-134-116-113(132-80-95-64-38-16-39-65-95)109(105-100(136-116)84-133-114(139-105)96-66-40-17-41-67-96)141-118-111(130-78-93-60-34-14-35-61-93)107(128-76-91-56-30-12-31-57-91)103(125-73-88-50-24-9-25-51-88)98(138-118)82-122-71-86-46-20-7-21-47-86/h6-41,44-67,97-100,102-118H,2-5,42-43,68-84H2,1H3/t97-,98-,99-,100-,102-,103-,104-,105-,106+,107+,108+,109+,110+,111+,112+,113+,114-,115-,116+,117-,118-/m1/s1. The van der Waals surface area contributed by atoms with Gasteiger partial charge in [-0.2, -0.15) is 0 Å². The lowest BCUT2D eigenvalue weighted by molar-refractivity contribution is -0.406. The number of unbranched alkanes of at least 4 members (excludes halogenated alkanes) is 5. The molecular formula is C118H130O23. The smallest absolute Gasteiger partial charge is 0.305 e. The molecule has 0 aliphatic carbocycles. The zero-order valence-corrected chi connectivity index (χ0v) is 79.9. The van der Waals surface area contributed by atoms with Gasteiger partial charge in [-0.1, -0.05) is 390 Å². The van der Waals surface area contributed by atoms with Gasteiger partial charge in [-0.05, 0) is 74.0 Å². The first-order chi connectivity index (χ1) is 69.8. The Balaban J connectivity index is 0.782. The monoisotopic (exact) mass is 1910 g/mol. The van der Waals surface area contributed by atoms with Crippen molar-refractivity contribution >= 4 is 5.97 Å². The summed E-state index contributed by atoms with van der Waals surface area (Å²) < 4.78 is 161. The Kier molecular flexibility index (Phi) is 39.8. The molecule has 23 nitrogen and oxygen atoms in total. The fraction of sp³-hybridized carbons (Fsp3) is 0.381. The largest absolute Gasteiger partial charge is 0.469 e. The van der Waals surface area contributed by atoms with Gasteiger partial charge in [-0.25, -0.2) is 0 Å². The number of carbonyl (C=O) groups excluding carboxylic acids is 1. The number of esters is 1. The molecule has 0 spiro atoms. The van der Waals surface area contributed by atoms with Crippen molar-refractivity contribution in [1.29, 1.82) is 0 Å². The second-order valence-electron chi connectivity index (χ2n) is 36.1. The van der Waals surface area contributed by atoms with Crippen LogP contribution in [0.5, 0.6) is 0 Å². The average Bonchev–Trinajstić information content (AvgIpc) is 0.760. The van der Waals surface area contributed by atoms with Gasteiger partial charge >= 0.3 is 5.97 Å². The SMILES string of the molecule is COC(=O)CCCCCCCCO[C@@H]1O[C@H](CO[C@H]2O[C@@H]3CO[C@@H](c4ccccc4)O[C@H]3[C@H](O[C@H]3O[C@H](COCc4ccccc4)[C@@H](OCc4ccccc4)[C@H](OCc4ccccc4)[C@@H]3OCc3ccccc3)[C@@H]2OCc2ccccc2)[C@@H](OCc2ccccc2)[C@H](O[C@H]2O[C@H](COCc3ccccc3)[C@@H](OCc3ccccc3)[C@H](OCc3ccccc3)[C@@H]2OCc2ccccc2)[C@@H]1OCc1ccccc1. The fourth-order valence-electron chi connectivity index (χ4n) is 18.4. The molecule has 0 saturated carbocycles. The van der Waals surface area contributed by atoms with E-state index in [2.05, 4.69) is 0 Å². The minimum absolute atomic E-state index is 0.00681. The van der Waals surface area contributed by atoms with Crippen LogP contribution in [0.15, 0.2) is 364 Å². The Labute approximate surface area is 827 Å². The van der Waals surface area contributed by atoms with Gasteiger partial charge < -0.3 is 104 Å². The van der Waals surface area contributed by atoms with Crippen LogP contribution < -0.4 is 0 Å². The molecule has 141 heavy (non-hydrogen) atoms. The van der Waals surface area contributed by atoms with E-state index in [1.54, 1.807) is 0 Å². The number of ether oxygens (including phenoxy) is 22. The minimum atomic E-state index is -1.34. The normalized spacial score (nSPS) is 25.6. The Morgan fingerprint density at radius 3 is 0.872 bits per heavy atom. The molecule has 12 aromatic rings. The van der Waals surface area contributed by atoms with E-state index in [0.29, 0.717) is 12.8 Å². The molecule has 5 fully saturated rings. The van der Waals surface area contributed by atoms with Gasteiger partial charge in [0.1, 0.15) is 97.7 Å². The van der Waals surface area contributed by atoms with Gasteiger partial charge in [0.05, 0.1) is 106 Å². The van der Waals surface area contributed by atoms with Crippen molar-refractivity contribution in [1.82, 2.24) is 0 Å². The first-order valence-corrected chi connectivity index (χ1v) is 49.5. The van der Waals surface area contributed by atoms with E-state index in [1.165, 1.54) is 7.11 Å². The van der Waals surface area contributed by atoms with Crippen LogP contribution >= 0.6 is 0 Å². The summed E-state index contributed by atoms with van der Waals surface area (Å²) in [5.74, 6) is -0.219. The number of hydrogen-bond acceptors (Lipinski definition) is 23. The summed E-state index contributed by atoms with van der Waals surface area (Å²) in [6, 6.07) is 120. The quantitative estimate of drug-likeness (QED) is 0.0255. The molecule has 17 rings (SSSR count). The third-order valence-electron chi connectivity index (χ3n) is 25.8. The third kappa shape index (κ3) is 30.4. The molecule has 740 valence electrons. The van der Waals surface area contributed by atoms with Crippen molar-refractivity contribution in [2.75, 3.05) is 40.1 Å². The second-order valence-corrected chi connectivity index (χ2v) is 36.1. The molecule has 21 atom stereocenters. The highest BCUT2D eigenvalue weighted by Gasteiger charge is 2.59. The molecule has 0 aromatic heterocycles. The lowest BCUT2D eigenvalue weighted by Crippen LogP contribution is -2.68. The van der Waals surface area contributed by atoms with Crippen LogP contribution in [0, 0.1) is 0 Å². The van der Waals surface area contributed by atoms with Crippen molar-refractivity contribution in [3.05, 3.63) is 431 Å². The number of methoxy groups -OCH3 is 1. The number of benzene rings is 12. The first kappa shape index (κ1) is 102. The second kappa shape index (κ2) is 55.2. The molecule has 0 radical (unpaired) electrons. The van der Waals surface area contributed by atoms with Crippen LogP contribution in [0.4, 0.5) is 0 Å². The van der Waals surface area contributed by atoms with Crippen LogP contribution in [-0.4, -0.2) is 169 Å². The molecule has 5 aliphatic rings. The minimum Gasteiger partial charge on any atom is -0.469 e. The summed E-state index contributed by atoms with van der Waals surface area (Å²) in [4.78, 5) is 12.2. The number of rotatable bonds is 53. The van der Waals surface area contributed by atoms with E-state index >= 15 is 0 Å². The maximum atomic E-state index is 12.2. The Bertz CT molecular complexity index is 5440. The molecule has 0 bridgehead atoms. The van der Waals surface area contributed by atoms with Crippen molar-refractivity contribution in [2.45, 2.75) is 247 Å². The number of fused-ring (bicyclic) bond motifs is 1. The molecule has 0 amide bonds. The summed E-state index contributed by atoms with van der Waals surface area (Å²) in [7, 11) is 1.42. The summed E-state index contributed by atoms with van der Waals surface area (Å²) in [5, 5.41) is 0. The van der Waals surface area contributed by atoms with Crippen LogP contribution in [0.25, 0.3) is 0 Å². The van der Waals surface area contributed by atoms with Crippen LogP contribution in [-0.2, 0) is 182 Å². The van der Waals surface area contributed by atoms with Crippen LogP contribution in [0.1, 0.15) is 118 Å². The molecule has 5 aliphatic heterocycles. The molecule has 0 unspecified atom stereocenters. The fourth-order valence-corrected chi connectivity index (χ4v) is 18.4. The van der Waals surface area contributed by atoms with E-state index in [-0.39, 0.29) is 112 Å². The lowest BCUT2D eigenvalue weighted by Gasteiger charge is -2.52. The highest BCUT2D eigenvalue weighted by molar-refractivity contribution is 5.69. The summed E-state index contributed by atoms with van der Waals surface area (Å²) in [6.45, 7) is 1.67. The molecule has 0 N–H and O–H groups in total. The van der Waals surface area contributed by atoms with Gasteiger partial charge in [0.2, 0.25) is 0 Å². The van der Waals surface area contributed by atoms with E-state index in [0.717, 1.165) is 98.9 Å². The predicted octanol–water partition coefficient (Wildman–Crippen LogP) is 20.4. The van der Waals surface area contributed by atoms with E-state index < -0.39 is 129 Å². The Morgan fingerprint density at radius 2 is 0.518 bits per heavy atom. The average molecular weight is 1920 g/mol. The Hall–Kier alpha value is -10.7. The van der Waals surface area contributed by atoms with E-state index in [9.17, 15) is 4.79 Å².